The van der Waals surface area contributed by atoms with Crippen LogP contribution in [-0.4, -0.2) is 0 Å². The molecule has 0 saturated carbocycles. The van der Waals surface area contributed by atoms with E-state index in [1.54, 1.807) is 0 Å². The Labute approximate surface area is 147 Å². The fourth-order valence-corrected chi connectivity index (χ4v) is 3.32. The van der Waals surface area contributed by atoms with Crippen LogP contribution in [0.1, 0.15) is 45.8 Å². The molecule has 0 bridgehead atoms. The van der Waals surface area contributed by atoms with Crippen molar-refractivity contribution in [3.05, 3.63) is 69.8 Å². The SMILES string of the molecule is Cc1ccc2c(c1)CCC2NCc1cc(C(F)(F)F)cc(C(F)(F)F)c1. The molecular formula is C19H17F6N. The van der Waals surface area contributed by atoms with Crippen LogP contribution in [0.3, 0.4) is 0 Å². The molecule has 1 aliphatic carbocycles. The number of benzene rings is 2. The Hall–Kier alpha value is -2.02. The average Bonchev–Trinajstić information content (AvgIpc) is 2.93. The van der Waals surface area contributed by atoms with Crippen LogP contribution in [0.2, 0.25) is 0 Å². The molecule has 3 rings (SSSR count). The predicted octanol–water partition coefficient (Wildman–Crippen LogP) is 5.81. The molecule has 1 N–H and O–H groups in total. The van der Waals surface area contributed by atoms with Gasteiger partial charge in [0.25, 0.3) is 0 Å². The van der Waals surface area contributed by atoms with Gasteiger partial charge in [-0.15, -0.1) is 0 Å². The van der Waals surface area contributed by atoms with Gasteiger partial charge in [-0.1, -0.05) is 23.8 Å². The fraction of sp³-hybridized carbons (Fsp3) is 0.368. The minimum absolute atomic E-state index is 0.0345. The minimum Gasteiger partial charge on any atom is -0.306 e. The first-order chi connectivity index (χ1) is 12.0. The van der Waals surface area contributed by atoms with Crippen LogP contribution in [0.25, 0.3) is 0 Å². The fourth-order valence-electron chi connectivity index (χ4n) is 3.32. The molecule has 1 aliphatic rings. The molecule has 26 heavy (non-hydrogen) atoms. The molecule has 0 amide bonds. The molecule has 2 aromatic rings. The Kier molecular flexibility index (Phi) is 4.77. The molecule has 1 atom stereocenters. The van der Waals surface area contributed by atoms with Crippen LogP contribution in [0, 0.1) is 6.92 Å². The number of halogens is 6. The van der Waals surface area contributed by atoms with Crippen molar-refractivity contribution in [2.24, 2.45) is 0 Å². The number of hydrogen-bond donors (Lipinski definition) is 1. The standard InChI is InChI=1S/C19H17F6N/c1-11-2-4-16-13(6-11)3-5-17(16)26-10-12-7-14(18(20,21)22)9-15(8-12)19(23,24)25/h2,4,6-9,17,26H,3,5,10H2,1H3. The van der Waals surface area contributed by atoms with Crippen molar-refractivity contribution in [3.63, 3.8) is 0 Å². The van der Waals surface area contributed by atoms with Gasteiger partial charge < -0.3 is 5.32 Å². The molecule has 0 saturated heterocycles. The lowest BCUT2D eigenvalue weighted by molar-refractivity contribution is -0.143. The predicted molar refractivity (Wildman–Crippen MR) is 85.5 cm³/mol. The van der Waals surface area contributed by atoms with Gasteiger partial charge in [0, 0.05) is 12.6 Å². The van der Waals surface area contributed by atoms with E-state index in [0.29, 0.717) is 0 Å². The summed E-state index contributed by atoms with van der Waals surface area (Å²) in [6.45, 7) is 1.91. The Morgan fingerprint density at radius 3 is 2.12 bits per heavy atom. The zero-order valence-electron chi connectivity index (χ0n) is 13.9. The molecular weight excluding hydrogens is 356 g/mol. The van der Waals surface area contributed by atoms with Crippen LogP contribution in [0.15, 0.2) is 36.4 Å². The van der Waals surface area contributed by atoms with Crippen LogP contribution in [-0.2, 0) is 25.3 Å². The summed E-state index contributed by atoms with van der Waals surface area (Å²) in [5, 5.41) is 3.10. The van der Waals surface area contributed by atoms with E-state index in [1.807, 2.05) is 19.1 Å². The lowest BCUT2D eigenvalue weighted by atomic mass is 10.0. The highest BCUT2D eigenvalue weighted by molar-refractivity contribution is 5.38. The Bertz CT molecular complexity index is 774. The number of rotatable bonds is 3. The second-order valence-electron chi connectivity index (χ2n) is 6.59. The van der Waals surface area contributed by atoms with E-state index in [2.05, 4.69) is 11.4 Å². The second kappa shape index (κ2) is 6.61. The smallest absolute Gasteiger partial charge is 0.306 e. The van der Waals surface area contributed by atoms with Crippen molar-refractivity contribution >= 4 is 0 Å². The summed E-state index contributed by atoms with van der Waals surface area (Å²) in [6.07, 6.45) is -8.05. The maximum absolute atomic E-state index is 12.9. The molecule has 7 heteroatoms. The van der Waals surface area contributed by atoms with Gasteiger partial charge in [0.1, 0.15) is 0 Å². The Balaban J connectivity index is 1.82. The number of hydrogen-bond acceptors (Lipinski definition) is 1. The van der Waals surface area contributed by atoms with Crippen molar-refractivity contribution in [1.82, 2.24) is 5.32 Å². The lowest BCUT2D eigenvalue weighted by Crippen LogP contribution is -2.20. The van der Waals surface area contributed by atoms with Crippen molar-refractivity contribution in [2.75, 3.05) is 0 Å². The Morgan fingerprint density at radius 2 is 1.54 bits per heavy atom. The molecule has 0 aliphatic heterocycles. The third-order valence-electron chi connectivity index (χ3n) is 4.58. The highest BCUT2D eigenvalue weighted by atomic mass is 19.4. The van der Waals surface area contributed by atoms with Gasteiger partial charge in [0.15, 0.2) is 0 Å². The third-order valence-corrected chi connectivity index (χ3v) is 4.58. The van der Waals surface area contributed by atoms with Gasteiger partial charge in [0.2, 0.25) is 0 Å². The molecule has 0 fully saturated rings. The quantitative estimate of drug-likeness (QED) is 0.670. The molecule has 0 aromatic heterocycles. The summed E-state index contributed by atoms with van der Waals surface area (Å²) in [7, 11) is 0. The number of fused-ring (bicyclic) bond motifs is 1. The van der Waals surface area contributed by atoms with E-state index in [9.17, 15) is 26.3 Å². The zero-order valence-corrected chi connectivity index (χ0v) is 13.9. The molecule has 0 heterocycles. The largest absolute Gasteiger partial charge is 0.416 e. The van der Waals surface area contributed by atoms with Crippen LogP contribution < -0.4 is 5.32 Å². The molecule has 1 nitrogen and oxygen atoms in total. The van der Waals surface area contributed by atoms with Gasteiger partial charge in [-0.05, 0) is 54.7 Å². The molecule has 0 radical (unpaired) electrons. The van der Waals surface area contributed by atoms with E-state index >= 15 is 0 Å². The van der Waals surface area contributed by atoms with E-state index in [-0.39, 0.29) is 24.2 Å². The van der Waals surface area contributed by atoms with Crippen molar-refractivity contribution in [2.45, 2.75) is 44.7 Å². The van der Waals surface area contributed by atoms with Crippen LogP contribution in [0.5, 0.6) is 0 Å². The molecule has 0 spiro atoms. The number of alkyl halides is 6. The van der Waals surface area contributed by atoms with Gasteiger partial charge in [-0.25, -0.2) is 0 Å². The lowest BCUT2D eigenvalue weighted by Gasteiger charge is -2.17. The molecule has 1 unspecified atom stereocenters. The summed E-state index contributed by atoms with van der Waals surface area (Å²) in [5.74, 6) is 0. The van der Waals surface area contributed by atoms with Crippen molar-refractivity contribution in [3.8, 4) is 0 Å². The molecule has 140 valence electrons. The molecule has 2 aromatic carbocycles. The topological polar surface area (TPSA) is 12.0 Å². The first kappa shape index (κ1) is 18.8. The first-order valence-corrected chi connectivity index (χ1v) is 8.15. The highest BCUT2D eigenvalue weighted by Crippen LogP contribution is 2.37. The maximum Gasteiger partial charge on any atom is 0.416 e. The minimum atomic E-state index is -4.83. The van der Waals surface area contributed by atoms with Gasteiger partial charge >= 0.3 is 12.4 Å². The van der Waals surface area contributed by atoms with E-state index < -0.39 is 23.5 Å². The average molecular weight is 373 g/mol. The third kappa shape index (κ3) is 4.03. The summed E-state index contributed by atoms with van der Waals surface area (Å²) in [4.78, 5) is 0. The monoisotopic (exact) mass is 373 g/mol. The first-order valence-electron chi connectivity index (χ1n) is 8.15. The van der Waals surface area contributed by atoms with Gasteiger partial charge in [-0.2, -0.15) is 26.3 Å². The van der Waals surface area contributed by atoms with E-state index in [1.165, 1.54) is 5.56 Å². The Morgan fingerprint density at radius 1 is 0.923 bits per heavy atom. The van der Waals surface area contributed by atoms with E-state index in [4.69, 9.17) is 0 Å². The summed E-state index contributed by atoms with van der Waals surface area (Å²) >= 11 is 0. The summed E-state index contributed by atoms with van der Waals surface area (Å²) in [5.41, 5.74) is 0.740. The van der Waals surface area contributed by atoms with Crippen molar-refractivity contribution in [1.29, 1.82) is 0 Å². The van der Waals surface area contributed by atoms with Gasteiger partial charge in [-0.3, -0.25) is 0 Å². The van der Waals surface area contributed by atoms with Crippen LogP contribution in [0.4, 0.5) is 26.3 Å². The maximum atomic E-state index is 12.9. The van der Waals surface area contributed by atoms with Crippen LogP contribution >= 0.6 is 0 Å². The zero-order chi connectivity index (χ0) is 19.1. The highest BCUT2D eigenvalue weighted by Gasteiger charge is 2.37. The number of aryl methyl sites for hydroxylation is 2. The van der Waals surface area contributed by atoms with Crippen molar-refractivity contribution < 1.29 is 26.3 Å². The van der Waals surface area contributed by atoms with Gasteiger partial charge in [0.05, 0.1) is 11.1 Å². The van der Waals surface area contributed by atoms with E-state index in [0.717, 1.165) is 36.1 Å². The normalized spacial score (nSPS) is 17.4. The second-order valence-corrected chi connectivity index (χ2v) is 6.59. The summed E-state index contributed by atoms with van der Waals surface area (Å²) in [6, 6.07) is 7.59. The number of nitrogens with one attached hydrogen (secondary N) is 1. The summed E-state index contributed by atoms with van der Waals surface area (Å²) < 4.78 is 77.5.